The van der Waals surface area contributed by atoms with Crippen LogP contribution in [0.15, 0.2) is 24.5 Å². The lowest BCUT2D eigenvalue weighted by Gasteiger charge is -2.16. The van der Waals surface area contributed by atoms with Gasteiger partial charge in [-0.05, 0) is 31.4 Å². The monoisotopic (exact) mass is 259 g/mol. The van der Waals surface area contributed by atoms with Crippen LogP contribution in [0.2, 0.25) is 0 Å². The van der Waals surface area contributed by atoms with Gasteiger partial charge in [0, 0.05) is 43.0 Å². The summed E-state index contributed by atoms with van der Waals surface area (Å²) in [6, 6.07) is 3.46. The Bertz CT molecular complexity index is 485. The van der Waals surface area contributed by atoms with Crippen molar-refractivity contribution >= 4 is 11.8 Å². The first-order valence-corrected chi connectivity index (χ1v) is 6.74. The van der Waals surface area contributed by atoms with E-state index in [1.165, 1.54) is 0 Å². The van der Waals surface area contributed by atoms with Crippen molar-refractivity contribution in [3.63, 3.8) is 0 Å². The highest BCUT2D eigenvalue weighted by Gasteiger charge is 2.36. The number of carbonyl (C=O) groups excluding carboxylic acids is 2. The zero-order valence-electron chi connectivity index (χ0n) is 10.7. The van der Waals surface area contributed by atoms with Crippen molar-refractivity contribution in [2.75, 3.05) is 13.1 Å². The highest BCUT2D eigenvalue weighted by atomic mass is 16.2. The lowest BCUT2D eigenvalue weighted by atomic mass is 10.2. The van der Waals surface area contributed by atoms with E-state index in [-0.39, 0.29) is 23.8 Å². The fourth-order valence-corrected chi connectivity index (χ4v) is 2.44. The molecule has 100 valence electrons. The largest absolute Gasteiger partial charge is 0.347 e. The molecule has 1 saturated heterocycles. The molecule has 2 fully saturated rings. The molecule has 2 amide bonds. The SMILES string of the molecule is O=C(NC1CCN(C(=O)C2CC2)C1)c1ccncc1. The van der Waals surface area contributed by atoms with E-state index in [2.05, 4.69) is 10.3 Å². The minimum absolute atomic E-state index is 0.0726. The van der Waals surface area contributed by atoms with Gasteiger partial charge < -0.3 is 10.2 Å². The number of rotatable bonds is 3. The third kappa shape index (κ3) is 2.75. The molecule has 5 heteroatoms. The minimum atomic E-state index is -0.0897. The number of carbonyl (C=O) groups is 2. The molecule has 0 aromatic carbocycles. The number of pyridine rings is 1. The van der Waals surface area contributed by atoms with Gasteiger partial charge in [0.15, 0.2) is 0 Å². The lowest BCUT2D eigenvalue weighted by molar-refractivity contribution is -0.131. The highest BCUT2D eigenvalue weighted by Crippen LogP contribution is 2.32. The lowest BCUT2D eigenvalue weighted by Crippen LogP contribution is -2.38. The van der Waals surface area contributed by atoms with Gasteiger partial charge in [-0.2, -0.15) is 0 Å². The van der Waals surface area contributed by atoms with Crippen LogP contribution in [-0.2, 0) is 4.79 Å². The van der Waals surface area contributed by atoms with E-state index in [1.807, 2.05) is 4.90 Å². The van der Waals surface area contributed by atoms with Crippen LogP contribution < -0.4 is 5.32 Å². The zero-order valence-corrected chi connectivity index (χ0v) is 10.7. The van der Waals surface area contributed by atoms with Crippen LogP contribution in [-0.4, -0.2) is 40.8 Å². The molecular formula is C14H17N3O2. The first kappa shape index (κ1) is 12.1. The summed E-state index contributed by atoms with van der Waals surface area (Å²) in [4.78, 5) is 29.7. The molecule has 5 nitrogen and oxygen atoms in total. The van der Waals surface area contributed by atoms with Crippen LogP contribution in [0.5, 0.6) is 0 Å². The van der Waals surface area contributed by atoms with E-state index in [4.69, 9.17) is 0 Å². The first-order chi connectivity index (χ1) is 9.24. The molecule has 1 aliphatic carbocycles. The number of likely N-dealkylation sites (tertiary alicyclic amines) is 1. The van der Waals surface area contributed by atoms with Gasteiger partial charge in [0.1, 0.15) is 0 Å². The van der Waals surface area contributed by atoms with Crippen molar-refractivity contribution in [1.82, 2.24) is 15.2 Å². The van der Waals surface area contributed by atoms with Crippen molar-refractivity contribution in [2.24, 2.45) is 5.92 Å². The highest BCUT2D eigenvalue weighted by molar-refractivity contribution is 5.94. The van der Waals surface area contributed by atoms with Gasteiger partial charge in [-0.15, -0.1) is 0 Å². The van der Waals surface area contributed by atoms with Gasteiger partial charge in [-0.25, -0.2) is 0 Å². The third-order valence-electron chi connectivity index (χ3n) is 3.70. The van der Waals surface area contributed by atoms with Crippen LogP contribution in [0, 0.1) is 5.92 Å². The number of nitrogens with zero attached hydrogens (tertiary/aromatic N) is 2. The second-order valence-electron chi connectivity index (χ2n) is 5.25. The molecular weight excluding hydrogens is 242 g/mol. The molecule has 1 aliphatic heterocycles. The fraction of sp³-hybridized carbons (Fsp3) is 0.500. The molecule has 1 aromatic heterocycles. The van der Waals surface area contributed by atoms with Crippen molar-refractivity contribution in [3.05, 3.63) is 30.1 Å². The Morgan fingerprint density at radius 1 is 1.21 bits per heavy atom. The maximum absolute atomic E-state index is 12.0. The van der Waals surface area contributed by atoms with Crippen molar-refractivity contribution < 1.29 is 9.59 Å². The smallest absolute Gasteiger partial charge is 0.251 e. The molecule has 19 heavy (non-hydrogen) atoms. The predicted octanol–water partition coefficient (Wildman–Crippen LogP) is 0.822. The second kappa shape index (κ2) is 4.99. The fourth-order valence-electron chi connectivity index (χ4n) is 2.44. The summed E-state index contributed by atoms with van der Waals surface area (Å²) in [7, 11) is 0. The molecule has 1 saturated carbocycles. The van der Waals surface area contributed by atoms with Crippen LogP contribution in [0.4, 0.5) is 0 Å². The van der Waals surface area contributed by atoms with E-state index >= 15 is 0 Å². The summed E-state index contributed by atoms with van der Waals surface area (Å²) in [6.07, 6.45) is 6.11. The van der Waals surface area contributed by atoms with Crippen LogP contribution in [0.3, 0.4) is 0 Å². The number of aromatic nitrogens is 1. The average molecular weight is 259 g/mol. The Labute approximate surface area is 112 Å². The molecule has 3 rings (SSSR count). The Balaban J connectivity index is 1.54. The number of hydrogen-bond donors (Lipinski definition) is 1. The normalized spacial score (nSPS) is 22.3. The van der Waals surface area contributed by atoms with E-state index in [0.29, 0.717) is 12.1 Å². The number of amides is 2. The quantitative estimate of drug-likeness (QED) is 0.874. The summed E-state index contributed by atoms with van der Waals surface area (Å²) in [5.41, 5.74) is 0.613. The summed E-state index contributed by atoms with van der Waals surface area (Å²) in [5, 5.41) is 2.98. The molecule has 1 aromatic rings. The summed E-state index contributed by atoms with van der Waals surface area (Å²) < 4.78 is 0. The maximum atomic E-state index is 12.0. The third-order valence-corrected chi connectivity index (χ3v) is 3.70. The predicted molar refractivity (Wildman–Crippen MR) is 69.4 cm³/mol. The van der Waals surface area contributed by atoms with Gasteiger partial charge in [0.05, 0.1) is 0 Å². The Hall–Kier alpha value is -1.91. The van der Waals surface area contributed by atoms with Crippen molar-refractivity contribution in [2.45, 2.75) is 25.3 Å². The summed E-state index contributed by atoms with van der Waals surface area (Å²) in [6.45, 7) is 1.41. The molecule has 2 heterocycles. The molecule has 0 spiro atoms. The van der Waals surface area contributed by atoms with Gasteiger partial charge in [0.25, 0.3) is 5.91 Å². The maximum Gasteiger partial charge on any atom is 0.251 e. The van der Waals surface area contributed by atoms with Gasteiger partial charge in [-0.1, -0.05) is 0 Å². The first-order valence-electron chi connectivity index (χ1n) is 6.74. The molecule has 1 unspecified atom stereocenters. The van der Waals surface area contributed by atoms with E-state index in [1.54, 1.807) is 24.5 Å². The summed E-state index contributed by atoms with van der Waals surface area (Å²) >= 11 is 0. The standard InChI is InChI=1S/C14H17N3O2/c18-13(10-3-6-15-7-4-10)16-12-5-8-17(9-12)14(19)11-1-2-11/h3-4,6-7,11-12H,1-2,5,8-9H2,(H,16,18). The number of hydrogen-bond acceptors (Lipinski definition) is 3. The van der Waals surface area contributed by atoms with Crippen LogP contribution in [0.1, 0.15) is 29.6 Å². The van der Waals surface area contributed by atoms with Crippen molar-refractivity contribution in [1.29, 1.82) is 0 Å². The minimum Gasteiger partial charge on any atom is -0.347 e. The summed E-state index contributed by atoms with van der Waals surface area (Å²) in [5.74, 6) is 0.434. The molecule has 0 bridgehead atoms. The Morgan fingerprint density at radius 3 is 2.63 bits per heavy atom. The average Bonchev–Trinajstić information content (AvgIpc) is 3.19. The molecule has 1 atom stereocenters. The van der Waals surface area contributed by atoms with Crippen LogP contribution in [0.25, 0.3) is 0 Å². The van der Waals surface area contributed by atoms with Gasteiger partial charge in [-0.3, -0.25) is 14.6 Å². The molecule has 0 radical (unpaired) electrons. The second-order valence-corrected chi connectivity index (χ2v) is 5.25. The molecule has 1 N–H and O–H groups in total. The Kier molecular flexibility index (Phi) is 3.19. The van der Waals surface area contributed by atoms with Crippen molar-refractivity contribution in [3.8, 4) is 0 Å². The van der Waals surface area contributed by atoms with E-state index < -0.39 is 0 Å². The van der Waals surface area contributed by atoms with Gasteiger partial charge in [0.2, 0.25) is 5.91 Å². The topological polar surface area (TPSA) is 62.3 Å². The van der Waals surface area contributed by atoms with E-state index in [0.717, 1.165) is 25.8 Å². The molecule has 2 aliphatic rings. The van der Waals surface area contributed by atoms with E-state index in [9.17, 15) is 9.59 Å². The van der Waals surface area contributed by atoms with Gasteiger partial charge >= 0.3 is 0 Å². The Morgan fingerprint density at radius 2 is 1.95 bits per heavy atom. The zero-order chi connectivity index (χ0) is 13.2. The number of nitrogens with one attached hydrogen (secondary N) is 1. The van der Waals surface area contributed by atoms with Crippen LogP contribution >= 0.6 is 0 Å².